The van der Waals surface area contributed by atoms with Crippen LogP contribution in [0.2, 0.25) is 0 Å². The summed E-state index contributed by atoms with van der Waals surface area (Å²) in [7, 11) is -0.390. The molecule has 0 spiro atoms. The van der Waals surface area contributed by atoms with Crippen LogP contribution in [-0.2, 0) is 15.9 Å². The van der Waals surface area contributed by atoms with Crippen molar-refractivity contribution >= 4 is 18.4 Å². The summed E-state index contributed by atoms with van der Waals surface area (Å²) in [5, 5.41) is 0. The Kier molecular flexibility index (Phi) is 5.35. The molecule has 4 heterocycles. The molecule has 0 aromatic carbocycles. The first-order valence-electron chi connectivity index (χ1n) is 10.1. The van der Waals surface area contributed by atoms with Crippen LogP contribution in [0, 0.1) is 5.82 Å². The first kappa shape index (κ1) is 20.3. The van der Waals surface area contributed by atoms with Gasteiger partial charge in [-0.3, -0.25) is 9.88 Å². The summed E-state index contributed by atoms with van der Waals surface area (Å²) < 4.78 is 25.5. The van der Waals surface area contributed by atoms with Crippen molar-refractivity contribution in [2.45, 2.75) is 45.4 Å². The molecule has 154 valence electrons. The van der Waals surface area contributed by atoms with Gasteiger partial charge in [0.2, 0.25) is 0 Å². The van der Waals surface area contributed by atoms with Gasteiger partial charge in [-0.15, -0.1) is 0 Å². The molecular weight excluding hydrogens is 370 g/mol. The molecule has 0 atom stereocenters. The van der Waals surface area contributed by atoms with Gasteiger partial charge in [-0.25, -0.2) is 9.37 Å². The summed E-state index contributed by atoms with van der Waals surface area (Å²) in [5.41, 5.74) is 1.13. The highest BCUT2D eigenvalue weighted by atomic mass is 19.1. The van der Waals surface area contributed by atoms with Crippen LogP contribution in [0.25, 0.3) is 0 Å². The molecule has 2 saturated heterocycles. The zero-order valence-corrected chi connectivity index (χ0v) is 17.6. The first-order chi connectivity index (χ1) is 13.7. The number of nitrogens with zero attached hydrogens (tertiary/aromatic N) is 4. The molecule has 6 nitrogen and oxygen atoms in total. The Morgan fingerprint density at radius 1 is 1.00 bits per heavy atom. The number of hydrogen-bond acceptors (Lipinski definition) is 6. The molecule has 2 aromatic rings. The number of rotatable bonds is 4. The van der Waals surface area contributed by atoms with Gasteiger partial charge in [0, 0.05) is 50.6 Å². The van der Waals surface area contributed by atoms with Gasteiger partial charge in [0.25, 0.3) is 0 Å². The maximum absolute atomic E-state index is 13.3. The Morgan fingerprint density at radius 2 is 1.69 bits per heavy atom. The van der Waals surface area contributed by atoms with E-state index in [0.717, 1.165) is 43.0 Å². The largest absolute Gasteiger partial charge is 0.496 e. The third-order valence-corrected chi connectivity index (χ3v) is 6.16. The minimum atomic E-state index is -0.390. The van der Waals surface area contributed by atoms with Gasteiger partial charge in [0.15, 0.2) is 0 Å². The predicted octanol–water partition coefficient (Wildman–Crippen LogP) is 2.24. The lowest BCUT2D eigenvalue weighted by atomic mass is 9.80. The number of aromatic nitrogens is 2. The second-order valence-electron chi connectivity index (χ2n) is 8.81. The molecule has 2 fully saturated rings. The van der Waals surface area contributed by atoms with E-state index in [1.807, 2.05) is 46.0 Å². The third-order valence-electron chi connectivity index (χ3n) is 6.16. The van der Waals surface area contributed by atoms with Gasteiger partial charge in [-0.2, -0.15) is 0 Å². The molecule has 0 aliphatic carbocycles. The van der Waals surface area contributed by atoms with Gasteiger partial charge in [0.1, 0.15) is 11.6 Å². The molecule has 0 radical (unpaired) electrons. The average molecular weight is 398 g/mol. The van der Waals surface area contributed by atoms with E-state index in [0.29, 0.717) is 6.54 Å². The lowest BCUT2D eigenvalue weighted by Gasteiger charge is -2.35. The Morgan fingerprint density at radius 3 is 2.28 bits per heavy atom. The topological polar surface area (TPSA) is 50.7 Å². The van der Waals surface area contributed by atoms with E-state index in [-0.39, 0.29) is 17.0 Å². The summed E-state index contributed by atoms with van der Waals surface area (Å²) in [4.78, 5) is 13.2. The summed E-state index contributed by atoms with van der Waals surface area (Å²) in [6, 6.07) is 5.62. The van der Waals surface area contributed by atoms with Crippen LogP contribution >= 0.6 is 0 Å². The predicted molar refractivity (Wildman–Crippen MR) is 112 cm³/mol. The van der Waals surface area contributed by atoms with Gasteiger partial charge in [0.05, 0.1) is 17.4 Å². The monoisotopic (exact) mass is 398 g/mol. The first-order valence-corrected chi connectivity index (χ1v) is 10.1. The second-order valence-corrected chi connectivity index (χ2v) is 8.81. The van der Waals surface area contributed by atoms with Gasteiger partial charge in [-0.1, -0.05) is 6.07 Å². The maximum atomic E-state index is 13.3. The van der Waals surface area contributed by atoms with Crippen LogP contribution in [0.3, 0.4) is 0 Å². The molecule has 2 aliphatic heterocycles. The molecule has 0 bridgehead atoms. The second kappa shape index (κ2) is 7.67. The van der Waals surface area contributed by atoms with Gasteiger partial charge in [-0.05, 0) is 45.4 Å². The molecule has 29 heavy (non-hydrogen) atoms. The molecule has 0 unspecified atom stereocenters. The summed E-state index contributed by atoms with van der Waals surface area (Å²) in [6.45, 7) is 12.5. The van der Waals surface area contributed by atoms with Crippen molar-refractivity contribution in [2.75, 3.05) is 31.1 Å². The van der Waals surface area contributed by atoms with Crippen molar-refractivity contribution in [1.29, 1.82) is 0 Å². The highest BCUT2D eigenvalue weighted by Gasteiger charge is 2.51. The van der Waals surface area contributed by atoms with Gasteiger partial charge < -0.3 is 14.2 Å². The van der Waals surface area contributed by atoms with E-state index >= 15 is 0 Å². The molecule has 0 N–H and O–H groups in total. The highest BCUT2D eigenvalue weighted by molar-refractivity contribution is 6.62. The van der Waals surface area contributed by atoms with E-state index in [9.17, 15) is 4.39 Å². The van der Waals surface area contributed by atoms with Crippen LogP contribution in [0.4, 0.5) is 10.2 Å². The number of hydrogen-bond donors (Lipinski definition) is 0. The van der Waals surface area contributed by atoms with Crippen LogP contribution in [0.1, 0.15) is 33.3 Å². The fourth-order valence-corrected chi connectivity index (χ4v) is 3.64. The molecule has 4 rings (SSSR count). The summed E-state index contributed by atoms with van der Waals surface area (Å²) >= 11 is 0. The Labute approximate surface area is 172 Å². The van der Waals surface area contributed by atoms with E-state index in [1.54, 1.807) is 12.3 Å². The fourth-order valence-electron chi connectivity index (χ4n) is 3.64. The lowest BCUT2D eigenvalue weighted by molar-refractivity contribution is 0.00578. The summed E-state index contributed by atoms with van der Waals surface area (Å²) in [5.74, 6) is 0.671. The normalized spacial score (nSPS) is 21.6. The smallest absolute Gasteiger partial charge is 0.399 e. The SMILES string of the molecule is CC1(C)OB(c2ccc(N3CCN(Cc4cncc(F)c4)CC3)nc2)OC1(C)C. The highest BCUT2D eigenvalue weighted by Crippen LogP contribution is 2.36. The number of piperazine rings is 1. The van der Waals surface area contributed by atoms with Crippen molar-refractivity contribution in [3.05, 3.63) is 48.2 Å². The lowest BCUT2D eigenvalue weighted by Crippen LogP contribution is -2.46. The minimum Gasteiger partial charge on any atom is -0.399 e. The standard InChI is InChI=1S/C21H28BFN4O2/c1-20(2)21(3,4)29-22(28-20)17-5-6-19(25-13-17)27-9-7-26(8-10-27)15-16-11-18(23)14-24-12-16/h5-6,11-14H,7-10,15H2,1-4H3. The van der Waals surface area contributed by atoms with E-state index in [4.69, 9.17) is 9.31 Å². The molecule has 2 aliphatic rings. The van der Waals surface area contributed by atoms with Crippen LogP contribution in [-0.4, -0.2) is 59.4 Å². The number of halogens is 1. The quantitative estimate of drug-likeness (QED) is 0.737. The molecule has 2 aromatic heterocycles. The Hall–Kier alpha value is -2.03. The van der Waals surface area contributed by atoms with E-state index < -0.39 is 7.12 Å². The number of anilines is 1. The molecule has 8 heteroatoms. The van der Waals surface area contributed by atoms with Gasteiger partial charge >= 0.3 is 7.12 Å². The average Bonchev–Trinajstić information content (AvgIpc) is 2.90. The third kappa shape index (κ3) is 4.29. The molecular formula is C21H28BFN4O2. The van der Waals surface area contributed by atoms with Crippen molar-refractivity contribution in [2.24, 2.45) is 0 Å². The van der Waals surface area contributed by atoms with Crippen molar-refractivity contribution in [3.63, 3.8) is 0 Å². The van der Waals surface area contributed by atoms with Crippen LogP contribution in [0.15, 0.2) is 36.8 Å². The zero-order chi connectivity index (χ0) is 20.6. The van der Waals surface area contributed by atoms with Crippen molar-refractivity contribution in [1.82, 2.24) is 14.9 Å². The number of pyridine rings is 2. The summed E-state index contributed by atoms with van der Waals surface area (Å²) in [6.07, 6.45) is 4.81. The minimum absolute atomic E-state index is 0.285. The van der Waals surface area contributed by atoms with E-state index in [2.05, 4.69) is 19.8 Å². The van der Waals surface area contributed by atoms with Crippen LogP contribution in [0.5, 0.6) is 0 Å². The molecule has 0 saturated carbocycles. The zero-order valence-electron chi connectivity index (χ0n) is 17.6. The Balaban J connectivity index is 1.34. The van der Waals surface area contributed by atoms with Crippen LogP contribution < -0.4 is 10.4 Å². The van der Waals surface area contributed by atoms with Crippen molar-refractivity contribution < 1.29 is 13.7 Å². The van der Waals surface area contributed by atoms with E-state index in [1.165, 1.54) is 6.20 Å². The molecule has 0 amide bonds. The maximum Gasteiger partial charge on any atom is 0.496 e. The van der Waals surface area contributed by atoms with Crippen molar-refractivity contribution in [3.8, 4) is 0 Å². The fraction of sp³-hybridized carbons (Fsp3) is 0.524. The Bertz CT molecular complexity index is 838.